The Labute approximate surface area is 126 Å². The van der Waals surface area contributed by atoms with Gasteiger partial charge in [-0.15, -0.1) is 0 Å². The van der Waals surface area contributed by atoms with Gasteiger partial charge in [0, 0.05) is 20.0 Å². The molecule has 0 bridgehead atoms. The molecule has 1 aliphatic rings. The number of aliphatic hydroxyl groups is 1. The summed E-state index contributed by atoms with van der Waals surface area (Å²) >= 11 is 0. The first kappa shape index (κ1) is 16.4. The van der Waals surface area contributed by atoms with Crippen LogP contribution in [0.4, 0.5) is 8.78 Å². The third-order valence-corrected chi connectivity index (χ3v) is 3.86. The van der Waals surface area contributed by atoms with E-state index in [9.17, 15) is 23.5 Å². The van der Waals surface area contributed by atoms with Crippen LogP contribution < -0.4 is 5.32 Å². The molecule has 1 aromatic rings. The summed E-state index contributed by atoms with van der Waals surface area (Å²) in [4.78, 5) is 24.8. The molecule has 0 saturated carbocycles. The van der Waals surface area contributed by atoms with Gasteiger partial charge in [0.1, 0.15) is 17.2 Å². The number of piperidine rings is 1. The van der Waals surface area contributed by atoms with Crippen LogP contribution >= 0.6 is 0 Å². The third kappa shape index (κ3) is 3.24. The molecule has 0 aromatic heterocycles. The van der Waals surface area contributed by atoms with E-state index in [1.165, 1.54) is 24.8 Å². The third-order valence-electron chi connectivity index (χ3n) is 3.86. The summed E-state index contributed by atoms with van der Waals surface area (Å²) in [7, 11) is 0. The average molecular weight is 312 g/mol. The molecule has 0 aliphatic carbocycles. The summed E-state index contributed by atoms with van der Waals surface area (Å²) in [5, 5.41) is 12.4. The highest BCUT2D eigenvalue weighted by Gasteiger charge is 2.31. The van der Waals surface area contributed by atoms with Crippen molar-refractivity contribution in [2.75, 3.05) is 13.1 Å². The van der Waals surface area contributed by atoms with E-state index in [4.69, 9.17) is 0 Å². The number of nitrogens with one attached hydrogen (secondary N) is 1. The van der Waals surface area contributed by atoms with Crippen molar-refractivity contribution in [2.24, 2.45) is 0 Å². The van der Waals surface area contributed by atoms with Crippen molar-refractivity contribution in [1.29, 1.82) is 0 Å². The molecule has 2 rings (SSSR count). The molecular formula is C15H18F2N2O3. The second-order valence-corrected chi connectivity index (χ2v) is 5.45. The van der Waals surface area contributed by atoms with E-state index in [1.807, 2.05) is 0 Å². The molecule has 7 heteroatoms. The van der Waals surface area contributed by atoms with E-state index >= 15 is 0 Å². The van der Waals surface area contributed by atoms with Gasteiger partial charge in [-0.1, -0.05) is 6.07 Å². The lowest BCUT2D eigenvalue weighted by atomic mass is 10.0. The van der Waals surface area contributed by atoms with E-state index < -0.39 is 35.3 Å². The minimum absolute atomic E-state index is 0.0824. The van der Waals surface area contributed by atoms with Gasteiger partial charge in [-0.3, -0.25) is 9.59 Å². The number of carbonyl (C=O) groups excluding carboxylic acids is 2. The highest BCUT2D eigenvalue weighted by atomic mass is 19.1. The van der Waals surface area contributed by atoms with Crippen LogP contribution in [-0.4, -0.2) is 47.1 Å². The van der Waals surface area contributed by atoms with Crippen LogP contribution in [0.25, 0.3) is 0 Å². The van der Waals surface area contributed by atoms with Crippen LogP contribution in [0, 0.1) is 18.6 Å². The van der Waals surface area contributed by atoms with Gasteiger partial charge in [-0.25, -0.2) is 8.78 Å². The average Bonchev–Trinajstić information content (AvgIpc) is 2.45. The summed E-state index contributed by atoms with van der Waals surface area (Å²) < 4.78 is 27.6. The normalized spacial score (nSPS) is 21.6. The van der Waals surface area contributed by atoms with Crippen molar-refractivity contribution < 1.29 is 23.5 Å². The number of nitrogens with zero attached hydrogens (tertiary/aromatic N) is 1. The minimum atomic E-state index is -0.975. The second kappa shape index (κ2) is 6.39. The number of carbonyl (C=O) groups is 2. The molecule has 22 heavy (non-hydrogen) atoms. The zero-order chi connectivity index (χ0) is 16.4. The Morgan fingerprint density at radius 1 is 1.36 bits per heavy atom. The fraction of sp³-hybridized carbons (Fsp3) is 0.467. The number of β-amino-alcohol motifs (C(OH)–C–C–N with tert-alkyl or cyclic N) is 1. The molecule has 1 heterocycles. The monoisotopic (exact) mass is 312 g/mol. The number of benzene rings is 1. The van der Waals surface area contributed by atoms with E-state index in [0.717, 1.165) is 6.07 Å². The molecule has 2 amide bonds. The summed E-state index contributed by atoms with van der Waals surface area (Å²) in [6.45, 7) is 3.28. The molecule has 120 valence electrons. The number of hydrogen-bond donors (Lipinski definition) is 2. The first-order valence-corrected chi connectivity index (χ1v) is 7.00. The van der Waals surface area contributed by atoms with Crippen LogP contribution in [0.2, 0.25) is 0 Å². The van der Waals surface area contributed by atoms with Gasteiger partial charge >= 0.3 is 0 Å². The zero-order valence-corrected chi connectivity index (χ0v) is 12.4. The molecule has 2 atom stereocenters. The number of hydrogen-bond acceptors (Lipinski definition) is 3. The standard InChI is InChI=1S/C15H18F2N2O3/c1-8-3-4-10(16)13(14(8)17)15(22)18-11-5-6-19(9(2)20)7-12(11)21/h3-4,11-12,21H,5-7H2,1-2H3,(H,18,22)/t11-,12-/m1/s1. The van der Waals surface area contributed by atoms with Crippen molar-refractivity contribution in [3.8, 4) is 0 Å². The number of amides is 2. The van der Waals surface area contributed by atoms with E-state index in [1.54, 1.807) is 0 Å². The van der Waals surface area contributed by atoms with Gasteiger partial charge < -0.3 is 15.3 Å². The first-order chi connectivity index (χ1) is 10.3. The zero-order valence-electron chi connectivity index (χ0n) is 12.4. The van der Waals surface area contributed by atoms with Crippen molar-refractivity contribution in [3.63, 3.8) is 0 Å². The lowest BCUT2D eigenvalue weighted by Crippen LogP contribution is -2.55. The van der Waals surface area contributed by atoms with Crippen molar-refractivity contribution in [1.82, 2.24) is 10.2 Å². The Hall–Kier alpha value is -2.02. The molecule has 0 unspecified atom stereocenters. The first-order valence-electron chi connectivity index (χ1n) is 7.00. The maximum absolute atomic E-state index is 13.9. The fourth-order valence-electron chi connectivity index (χ4n) is 2.49. The van der Waals surface area contributed by atoms with E-state index in [0.29, 0.717) is 13.0 Å². The summed E-state index contributed by atoms with van der Waals surface area (Å²) in [6.07, 6.45) is -0.654. The molecule has 1 aliphatic heterocycles. The Balaban J connectivity index is 2.10. The maximum atomic E-state index is 13.9. The van der Waals surface area contributed by atoms with Gasteiger partial charge in [-0.2, -0.15) is 0 Å². The van der Waals surface area contributed by atoms with Crippen molar-refractivity contribution >= 4 is 11.8 Å². The van der Waals surface area contributed by atoms with Gasteiger partial charge in [0.05, 0.1) is 12.1 Å². The summed E-state index contributed by atoms with van der Waals surface area (Å²) in [5.74, 6) is -2.93. The molecule has 5 nitrogen and oxygen atoms in total. The topological polar surface area (TPSA) is 69.6 Å². The largest absolute Gasteiger partial charge is 0.389 e. The Bertz CT molecular complexity index is 607. The number of rotatable bonds is 2. The van der Waals surface area contributed by atoms with Crippen molar-refractivity contribution in [3.05, 3.63) is 34.9 Å². The van der Waals surface area contributed by atoms with Crippen LogP contribution in [0.3, 0.4) is 0 Å². The number of halogens is 2. The van der Waals surface area contributed by atoms with Gasteiger partial charge in [-0.05, 0) is 25.0 Å². The molecule has 2 N–H and O–H groups in total. The van der Waals surface area contributed by atoms with Gasteiger partial charge in [0.2, 0.25) is 5.91 Å². The fourth-order valence-corrected chi connectivity index (χ4v) is 2.49. The summed E-state index contributed by atoms with van der Waals surface area (Å²) in [6, 6.07) is 1.63. The predicted octanol–water partition coefficient (Wildman–Crippen LogP) is 0.985. The van der Waals surface area contributed by atoms with Crippen LogP contribution in [0.5, 0.6) is 0 Å². The second-order valence-electron chi connectivity index (χ2n) is 5.45. The molecule has 1 saturated heterocycles. The van der Waals surface area contributed by atoms with Crippen LogP contribution in [-0.2, 0) is 4.79 Å². The summed E-state index contributed by atoms with van der Waals surface area (Å²) in [5.41, 5.74) is -0.486. The number of aryl methyl sites for hydroxylation is 1. The Morgan fingerprint density at radius 2 is 2.05 bits per heavy atom. The van der Waals surface area contributed by atoms with E-state index in [-0.39, 0.29) is 18.0 Å². The lowest BCUT2D eigenvalue weighted by molar-refractivity contribution is -0.132. The lowest BCUT2D eigenvalue weighted by Gasteiger charge is -2.35. The molecule has 1 fully saturated rings. The quantitative estimate of drug-likeness (QED) is 0.855. The molecule has 0 radical (unpaired) electrons. The highest BCUT2D eigenvalue weighted by molar-refractivity contribution is 5.95. The van der Waals surface area contributed by atoms with Crippen LogP contribution in [0.15, 0.2) is 12.1 Å². The SMILES string of the molecule is CC(=O)N1CC[C@@H](NC(=O)c2c(F)ccc(C)c2F)[C@H](O)C1. The van der Waals surface area contributed by atoms with E-state index in [2.05, 4.69) is 5.32 Å². The Morgan fingerprint density at radius 3 is 2.64 bits per heavy atom. The molecule has 0 spiro atoms. The van der Waals surface area contributed by atoms with Gasteiger partial charge in [0.25, 0.3) is 5.91 Å². The highest BCUT2D eigenvalue weighted by Crippen LogP contribution is 2.18. The van der Waals surface area contributed by atoms with Crippen molar-refractivity contribution in [2.45, 2.75) is 32.4 Å². The number of likely N-dealkylation sites (tertiary alicyclic amines) is 1. The van der Waals surface area contributed by atoms with Gasteiger partial charge in [0.15, 0.2) is 0 Å². The minimum Gasteiger partial charge on any atom is -0.389 e. The number of aliphatic hydroxyl groups excluding tert-OH is 1. The maximum Gasteiger partial charge on any atom is 0.257 e. The Kier molecular flexibility index (Phi) is 4.75. The predicted molar refractivity (Wildman–Crippen MR) is 75.2 cm³/mol. The molecular weight excluding hydrogens is 294 g/mol. The van der Waals surface area contributed by atoms with Crippen LogP contribution in [0.1, 0.15) is 29.3 Å². The smallest absolute Gasteiger partial charge is 0.257 e. The molecule has 1 aromatic carbocycles.